The van der Waals surface area contributed by atoms with Gasteiger partial charge < -0.3 is 4.74 Å². The lowest BCUT2D eigenvalue weighted by Gasteiger charge is -2.22. The van der Waals surface area contributed by atoms with Gasteiger partial charge in [0.15, 0.2) is 0 Å². The Morgan fingerprint density at radius 3 is 2.40 bits per heavy atom. The number of rotatable bonds is 7. The van der Waals surface area contributed by atoms with E-state index in [1.165, 1.54) is 0 Å². The van der Waals surface area contributed by atoms with Crippen LogP contribution >= 0.6 is 11.8 Å². The fourth-order valence-electron chi connectivity index (χ4n) is 1.29. The van der Waals surface area contributed by atoms with Gasteiger partial charge in [0, 0.05) is 16.9 Å². The van der Waals surface area contributed by atoms with Crippen molar-refractivity contribution in [3.8, 4) is 0 Å². The van der Waals surface area contributed by atoms with Crippen LogP contribution in [-0.2, 0) is 14.3 Å². The number of thioether (sulfide) groups is 1. The van der Waals surface area contributed by atoms with Crippen LogP contribution in [-0.4, -0.2) is 28.9 Å². The van der Waals surface area contributed by atoms with Crippen LogP contribution in [0.2, 0.25) is 0 Å². The van der Waals surface area contributed by atoms with Crippen molar-refractivity contribution in [2.24, 2.45) is 0 Å². The van der Waals surface area contributed by atoms with Gasteiger partial charge in [-0.3, -0.25) is 9.59 Å². The average Bonchev–Trinajstić information content (AvgIpc) is 2.01. The van der Waals surface area contributed by atoms with E-state index in [1.54, 1.807) is 25.6 Å². The maximum atomic E-state index is 11.0. The van der Waals surface area contributed by atoms with Gasteiger partial charge in [0.2, 0.25) is 0 Å². The van der Waals surface area contributed by atoms with Gasteiger partial charge in [0.25, 0.3) is 0 Å². The van der Waals surface area contributed by atoms with Gasteiger partial charge >= 0.3 is 5.97 Å². The summed E-state index contributed by atoms with van der Waals surface area (Å²) in [6.45, 7) is 7.85. The lowest BCUT2D eigenvalue weighted by molar-refractivity contribution is -0.142. The third kappa shape index (κ3) is 8.48. The van der Waals surface area contributed by atoms with E-state index in [0.717, 1.165) is 0 Å². The zero-order chi connectivity index (χ0) is 11.9. The zero-order valence-corrected chi connectivity index (χ0v) is 10.8. The number of ether oxygens (including phenoxy) is 1. The molecule has 0 spiro atoms. The highest BCUT2D eigenvalue weighted by Gasteiger charge is 2.20. The molecule has 0 aromatic carbocycles. The van der Waals surface area contributed by atoms with Crippen molar-refractivity contribution < 1.29 is 14.3 Å². The Labute approximate surface area is 95.9 Å². The van der Waals surface area contributed by atoms with Gasteiger partial charge in [0.05, 0.1) is 13.0 Å². The molecule has 0 heterocycles. The highest BCUT2D eigenvalue weighted by molar-refractivity contribution is 8.00. The van der Waals surface area contributed by atoms with Crippen LogP contribution in [0.5, 0.6) is 0 Å². The molecule has 0 N–H and O–H groups in total. The van der Waals surface area contributed by atoms with Crippen LogP contribution in [0.25, 0.3) is 0 Å². The van der Waals surface area contributed by atoms with Crippen molar-refractivity contribution >= 4 is 23.5 Å². The van der Waals surface area contributed by atoms with Crippen LogP contribution in [0, 0.1) is 0 Å². The molecule has 0 saturated heterocycles. The Bertz CT molecular complexity index is 224. The molecule has 0 bridgehead atoms. The van der Waals surface area contributed by atoms with E-state index in [4.69, 9.17) is 4.74 Å². The first-order chi connectivity index (χ1) is 6.87. The molecule has 0 aliphatic rings. The second-order valence-corrected chi connectivity index (χ2v) is 5.84. The molecule has 88 valence electrons. The maximum absolute atomic E-state index is 11.0. The van der Waals surface area contributed by atoms with E-state index >= 15 is 0 Å². The minimum Gasteiger partial charge on any atom is -0.466 e. The molecule has 0 fully saturated rings. The molecule has 0 radical (unpaired) electrons. The second kappa shape index (κ2) is 6.88. The van der Waals surface area contributed by atoms with Crippen LogP contribution < -0.4 is 0 Å². The van der Waals surface area contributed by atoms with Gasteiger partial charge in [0.1, 0.15) is 5.78 Å². The molecule has 3 nitrogen and oxygen atoms in total. The van der Waals surface area contributed by atoms with Gasteiger partial charge in [-0.25, -0.2) is 0 Å². The SMILES string of the molecule is CCOC(=O)CCSC(C)(C)CC(C)=O. The fourth-order valence-corrected chi connectivity index (χ4v) is 2.42. The largest absolute Gasteiger partial charge is 0.466 e. The number of ketones is 1. The quantitative estimate of drug-likeness (QED) is 0.632. The molecule has 0 amide bonds. The summed E-state index contributed by atoms with van der Waals surface area (Å²) in [5, 5.41) is 0. The summed E-state index contributed by atoms with van der Waals surface area (Å²) in [6.07, 6.45) is 0.959. The van der Waals surface area contributed by atoms with E-state index in [0.29, 0.717) is 25.2 Å². The molecule has 0 aliphatic carbocycles. The van der Waals surface area contributed by atoms with Gasteiger partial charge in [-0.2, -0.15) is 11.8 Å². The smallest absolute Gasteiger partial charge is 0.306 e. The zero-order valence-electron chi connectivity index (χ0n) is 9.96. The van der Waals surface area contributed by atoms with Crippen LogP contribution in [0.3, 0.4) is 0 Å². The fraction of sp³-hybridized carbons (Fsp3) is 0.818. The first-order valence-corrected chi connectivity index (χ1v) is 6.15. The molecular formula is C11H20O3S. The lowest BCUT2D eigenvalue weighted by Crippen LogP contribution is -2.20. The van der Waals surface area contributed by atoms with E-state index in [1.807, 2.05) is 13.8 Å². The van der Waals surface area contributed by atoms with E-state index < -0.39 is 0 Å². The molecular weight excluding hydrogens is 212 g/mol. The standard InChI is InChI=1S/C11H20O3S/c1-5-14-10(13)6-7-15-11(3,4)8-9(2)12/h5-8H2,1-4H3. The lowest BCUT2D eigenvalue weighted by atomic mass is 10.1. The van der Waals surface area contributed by atoms with Crippen molar-refractivity contribution in [1.82, 2.24) is 0 Å². The summed E-state index contributed by atoms with van der Waals surface area (Å²) in [7, 11) is 0. The predicted octanol–water partition coefficient (Wildman–Crippen LogP) is 2.43. The van der Waals surface area contributed by atoms with Crippen molar-refractivity contribution in [3.05, 3.63) is 0 Å². The number of carbonyl (C=O) groups is 2. The Hall–Kier alpha value is -0.510. The van der Waals surface area contributed by atoms with Crippen molar-refractivity contribution in [2.45, 2.75) is 45.3 Å². The molecule has 0 rings (SSSR count). The predicted molar refractivity (Wildman–Crippen MR) is 63.1 cm³/mol. The molecule has 0 atom stereocenters. The normalized spacial score (nSPS) is 11.2. The Kier molecular flexibility index (Phi) is 6.65. The summed E-state index contributed by atoms with van der Waals surface area (Å²) in [6, 6.07) is 0. The third-order valence-corrected chi connectivity index (χ3v) is 3.11. The summed E-state index contributed by atoms with van der Waals surface area (Å²) < 4.78 is 4.73. The van der Waals surface area contributed by atoms with E-state index in [9.17, 15) is 9.59 Å². The maximum Gasteiger partial charge on any atom is 0.306 e. The highest BCUT2D eigenvalue weighted by atomic mass is 32.2. The molecule has 0 unspecified atom stereocenters. The number of hydrogen-bond donors (Lipinski definition) is 0. The molecule has 0 aromatic rings. The summed E-state index contributed by atoms with van der Waals surface area (Å²) in [5.74, 6) is 0.728. The number of Topliss-reactive ketones (excluding diaryl/α,β-unsaturated/α-hetero) is 1. The van der Waals surface area contributed by atoms with Gasteiger partial charge in [-0.15, -0.1) is 0 Å². The summed E-state index contributed by atoms with van der Waals surface area (Å²) in [5.41, 5.74) is 0. The van der Waals surface area contributed by atoms with E-state index in [-0.39, 0.29) is 16.5 Å². The summed E-state index contributed by atoms with van der Waals surface area (Å²) in [4.78, 5) is 22.0. The van der Waals surface area contributed by atoms with Crippen LogP contribution in [0.15, 0.2) is 0 Å². The third-order valence-electron chi connectivity index (χ3n) is 1.78. The van der Waals surface area contributed by atoms with Crippen molar-refractivity contribution in [3.63, 3.8) is 0 Å². The van der Waals surface area contributed by atoms with Crippen LogP contribution in [0.4, 0.5) is 0 Å². The average molecular weight is 232 g/mol. The second-order valence-electron chi connectivity index (χ2n) is 4.04. The summed E-state index contributed by atoms with van der Waals surface area (Å²) >= 11 is 1.64. The first kappa shape index (κ1) is 14.5. The Morgan fingerprint density at radius 1 is 1.33 bits per heavy atom. The first-order valence-electron chi connectivity index (χ1n) is 5.16. The number of hydrogen-bond acceptors (Lipinski definition) is 4. The Morgan fingerprint density at radius 2 is 1.93 bits per heavy atom. The van der Waals surface area contributed by atoms with Crippen LogP contribution in [0.1, 0.15) is 40.5 Å². The Balaban J connectivity index is 3.74. The number of carbonyl (C=O) groups excluding carboxylic acids is 2. The molecule has 4 heteroatoms. The molecule has 15 heavy (non-hydrogen) atoms. The van der Waals surface area contributed by atoms with Gasteiger partial charge in [-0.05, 0) is 13.8 Å². The van der Waals surface area contributed by atoms with E-state index in [2.05, 4.69) is 0 Å². The van der Waals surface area contributed by atoms with Crippen molar-refractivity contribution in [2.75, 3.05) is 12.4 Å². The minimum atomic E-state index is -0.163. The monoisotopic (exact) mass is 232 g/mol. The molecule has 0 aliphatic heterocycles. The van der Waals surface area contributed by atoms with Crippen molar-refractivity contribution in [1.29, 1.82) is 0 Å². The molecule has 0 aromatic heterocycles. The topological polar surface area (TPSA) is 43.4 Å². The highest BCUT2D eigenvalue weighted by Crippen LogP contribution is 2.28. The van der Waals surface area contributed by atoms with Gasteiger partial charge in [-0.1, -0.05) is 13.8 Å². The molecule has 0 saturated carbocycles. The minimum absolute atomic E-state index is 0.0850. The number of esters is 1.